The van der Waals surface area contributed by atoms with Crippen molar-refractivity contribution in [2.45, 2.75) is 32.0 Å². The van der Waals surface area contributed by atoms with Gasteiger partial charge in [-0.2, -0.15) is 0 Å². The number of β-amino-alcohol motifs (C(OH)–C–C–N with tert-alkyl or cyclic N) is 1. The number of nitrogens with zero attached hydrogens (tertiary/aromatic N) is 4. The van der Waals surface area contributed by atoms with E-state index in [-0.39, 0.29) is 25.7 Å². The second-order valence-electron chi connectivity index (χ2n) is 10.1. The molecule has 1 atom stereocenters. The van der Waals surface area contributed by atoms with Crippen LogP contribution in [0.15, 0.2) is 60.9 Å². The predicted octanol–water partition coefficient (Wildman–Crippen LogP) is 2.77. The quantitative estimate of drug-likeness (QED) is 0.324. The molecule has 2 aromatic carbocycles. The molecule has 0 radical (unpaired) electrons. The van der Waals surface area contributed by atoms with Crippen molar-refractivity contribution in [1.29, 1.82) is 0 Å². The summed E-state index contributed by atoms with van der Waals surface area (Å²) >= 11 is 0. The third kappa shape index (κ3) is 8.20. The molecule has 0 unspecified atom stereocenters. The van der Waals surface area contributed by atoms with Crippen LogP contribution in [0.1, 0.15) is 17.8 Å². The smallest absolute Gasteiger partial charge is 0.248 e. The van der Waals surface area contributed by atoms with E-state index >= 15 is 0 Å². The van der Waals surface area contributed by atoms with Crippen LogP contribution in [0.3, 0.4) is 0 Å². The first kappa shape index (κ1) is 29.4. The molecule has 1 fully saturated rings. The van der Waals surface area contributed by atoms with Gasteiger partial charge >= 0.3 is 0 Å². The number of aromatic nitrogens is 2. The van der Waals surface area contributed by atoms with Gasteiger partial charge in [0.25, 0.3) is 0 Å². The lowest BCUT2D eigenvalue weighted by atomic mass is 10.0. The molecular weight excluding hydrogens is 512 g/mol. The molecule has 4 rings (SSSR count). The number of aliphatic hydroxyl groups is 1. The van der Waals surface area contributed by atoms with Gasteiger partial charge < -0.3 is 33.5 Å². The summed E-state index contributed by atoms with van der Waals surface area (Å²) in [5.74, 6) is 2.84. The van der Waals surface area contributed by atoms with Crippen LogP contribution in [0.5, 0.6) is 17.2 Å². The van der Waals surface area contributed by atoms with Crippen molar-refractivity contribution in [2.24, 2.45) is 0 Å². The van der Waals surface area contributed by atoms with Gasteiger partial charge in [0.1, 0.15) is 30.4 Å². The molecule has 0 bridgehead atoms. The first-order valence-corrected chi connectivity index (χ1v) is 13.6. The molecule has 0 spiro atoms. The Kier molecular flexibility index (Phi) is 10.4. The molecular formula is C30H40N4O6. The fraction of sp³-hybridized carbons (Fsp3) is 0.467. The molecule has 3 aromatic rings. The monoisotopic (exact) mass is 552 g/mol. The molecule has 216 valence electrons. The minimum atomic E-state index is -1.27. The summed E-state index contributed by atoms with van der Waals surface area (Å²) in [5, 5.41) is 11.6. The van der Waals surface area contributed by atoms with Crippen LogP contribution in [0.4, 0.5) is 0 Å². The van der Waals surface area contributed by atoms with E-state index in [1.165, 1.54) is 7.11 Å². The topological polar surface area (TPSA) is 98.5 Å². The zero-order valence-electron chi connectivity index (χ0n) is 23.6. The van der Waals surface area contributed by atoms with E-state index in [9.17, 15) is 9.90 Å². The molecule has 10 nitrogen and oxygen atoms in total. The number of para-hydroxylation sites is 1. The number of methoxy groups -OCH3 is 2. The Morgan fingerprint density at radius 3 is 2.60 bits per heavy atom. The van der Waals surface area contributed by atoms with E-state index in [2.05, 4.69) is 14.5 Å². The maximum Gasteiger partial charge on any atom is 0.248 e. The highest BCUT2D eigenvalue weighted by molar-refractivity contribution is 5.77. The van der Waals surface area contributed by atoms with E-state index in [4.69, 9.17) is 18.9 Å². The zero-order chi connectivity index (χ0) is 28.4. The van der Waals surface area contributed by atoms with Crippen molar-refractivity contribution in [3.8, 4) is 17.2 Å². The average molecular weight is 553 g/mol. The molecule has 40 heavy (non-hydrogen) atoms. The number of aryl methyl sites for hydroxylation is 2. The summed E-state index contributed by atoms with van der Waals surface area (Å²) in [6.07, 6.45) is 4.61. The Labute approximate surface area is 236 Å². The van der Waals surface area contributed by atoms with Gasteiger partial charge in [0.05, 0.1) is 20.3 Å². The fourth-order valence-corrected chi connectivity index (χ4v) is 4.87. The molecule has 0 aliphatic carbocycles. The number of hydrogen-bond acceptors (Lipinski definition) is 8. The minimum Gasteiger partial charge on any atom is -0.493 e. The second-order valence-corrected chi connectivity index (χ2v) is 10.1. The number of rotatable bonds is 13. The van der Waals surface area contributed by atoms with E-state index < -0.39 is 5.60 Å². The summed E-state index contributed by atoms with van der Waals surface area (Å²) in [4.78, 5) is 20.7. The summed E-state index contributed by atoms with van der Waals surface area (Å²) in [6.45, 7) is 5.53. The Bertz CT molecular complexity index is 1220. The Hall–Kier alpha value is -3.60. The van der Waals surface area contributed by atoms with Gasteiger partial charge in [-0.15, -0.1) is 0 Å². The Morgan fingerprint density at radius 1 is 1.05 bits per heavy atom. The number of imidazole rings is 1. The molecule has 1 aliphatic rings. The molecule has 1 N–H and O–H groups in total. The van der Waals surface area contributed by atoms with Gasteiger partial charge in [-0.05, 0) is 43.2 Å². The second kappa shape index (κ2) is 14.2. The van der Waals surface area contributed by atoms with E-state index in [1.807, 2.05) is 61.7 Å². The van der Waals surface area contributed by atoms with Crippen molar-refractivity contribution < 1.29 is 28.8 Å². The SMILES string of the molecule is COCC(=O)N1CCN(Cc2ccc(OCCCn3ccnc3C)c(OC)c2)C[C@@](O)(COc2ccccc2)C1. The van der Waals surface area contributed by atoms with Gasteiger partial charge in [0, 0.05) is 52.2 Å². The van der Waals surface area contributed by atoms with Gasteiger partial charge in [0.2, 0.25) is 5.91 Å². The molecule has 0 saturated carbocycles. The lowest BCUT2D eigenvalue weighted by Gasteiger charge is -2.33. The predicted molar refractivity (Wildman–Crippen MR) is 151 cm³/mol. The molecule has 1 aliphatic heterocycles. The van der Waals surface area contributed by atoms with Crippen LogP contribution in [0, 0.1) is 6.92 Å². The average Bonchev–Trinajstić information content (AvgIpc) is 3.29. The number of ether oxygens (including phenoxy) is 4. The Morgan fingerprint density at radius 2 is 1.88 bits per heavy atom. The summed E-state index contributed by atoms with van der Waals surface area (Å²) in [6, 6.07) is 15.3. The number of benzene rings is 2. The third-order valence-corrected chi connectivity index (χ3v) is 6.92. The number of amides is 1. The van der Waals surface area contributed by atoms with E-state index in [1.54, 1.807) is 18.2 Å². The van der Waals surface area contributed by atoms with Gasteiger partial charge in [-0.25, -0.2) is 4.98 Å². The lowest BCUT2D eigenvalue weighted by Crippen LogP contribution is -2.52. The van der Waals surface area contributed by atoms with Crippen LogP contribution in [0.25, 0.3) is 0 Å². The normalized spacial score (nSPS) is 17.9. The fourth-order valence-electron chi connectivity index (χ4n) is 4.87. The summed E-state index contributed by atoms with van der Waals surface area (Å²) in [5.41, 5.74) is -0.252. The summed E-state index contributed by atoms with van der Waals surface area (Å²) in [7, 11) is 3.12. The highest BCUT2D eigenvalue weighted by Crippen LogP contribution is 2.29. The minimum absolute atomic E-state index is 0.0315. The number of hydrogen-bond donors (Lipinski definition) is 1. The molecule has 2 heterocycles. The number of carbonyl (C=O) groups is 1. The van der Waals surface area contributed by atoms with Crippen LogP contribution in [-0.2, 0) is 22.6 Å². The van der Waals surface area contributed by atoms with Gasteiger partial charge in [-0.3, -0.25) is 9.69 Å². The van der Waals surface area contributed by atoms with Crippen LogP contribution in [0.2, 0.25) is 0 Å². The third-order valence-electron chi connectivity index (χ3n) is 6.92. The first-order valence-electron chi connectivity index (χ1n) is 13.6. The molecule has 1 amide bonds. The summed E-state index contributed by atoms with van der Waals surface area (Å²) < 4.78 is 24.7. The maximum absolute atomic E-state index is 12.7. The molecule has 1 aromatic heterocycles. The molecule has 10 heteroatoms. The maximum atomic E-state index is 12.7. The van der Waals surface area contributed by atoms with E-state index in [0.717, 1.165) is 24.4 Å². The van der Waals surface area contributed by atoms with Crippen molar-refractivity contribution in [1.82, 2.24) is 19.4 Å². The highest BCUT2D eigenvalue weighted by Gasteiger charge is 2.37. The van der Waals surface area contributed by atoms with Crippen LogP contribution in [-0.4, -0.2) is 96.2 Å². The molecule has 1 saturated heterocycles. The number of carbonyl (C=O) groups excluding carboxylic acids is 1. The van der Waals surface area contributed by atoms with Crippen LogP contribution >= 0.6 is 0 Å². The van der Waals surface area contributed by atoms with Crippen molar-refractivity contribution in [3.63, 3.8) is 0 Å². The van der Waals surface area contributed by atoms with E-state index in [0.29, 0.717) is 50.0 Å². The largest absolute Gasteiger partial charge is 0.493 e. The highest BCUT2D eigenvalue weighted by atomic mass is 16.5. The van der Waals surface area contributed by atoms with Crippen LogP contribution < -0.4 is 14.2 Å². The Balaban J connectivity index is 1.40. The zero-order valence-corrected chi connectivity index (χ0v) is 23.6. The van der Waals surface area contributed by atoms with Crippen molar-refractivity contribution in [2.75, 3.05) is 60.2 Å². The van der Waals surface area contributed by atoms with Gasteiger partial charge in [0.15, 0.2) is 11.5 Å². The van der Waals surface area contributed by atoms with Gasteiger partial charge in [-0.1, -0.05) is 24.3 Å². The van der Waals surface area contributed by atoms with Crippen molar-refractivity contribution >= 4 is 5.91 Å². The standard InChI is InChI=1S/C30H40N4O6/c1-24-31-12-14-33(24)13-7-17-39-27-11-10-25(18-28(27)38-3)19-32-15-16-34(29(35)20-37-2)22-30(36,21-32)23-40-26-8-5-4-6-9-26/h4-6,8-12,14,18,36H,7,13,15-17,19-23H2,1-3H3/t30-/m0/s1. The van der Waals surface area contributed by atoms with Crippen molar-refractivity contribution in [3.05, 3.63) is 72.3 Å². The lowest BCUT2D eigenvalue weighted by molar-refractivity contribution is -0.138. The first-order chi connectivity index (χ1) is 19.4.